The lowest BCUT2D eigenvalue weighted by Crippen LogP contribution is -2.12. The molecule has 7 heteroatoms. The van der Waals surface area contributed by atoms with E-state index < -0.39 is 10.8 Å². The first-order valence-electron chi connectivity index (χ1n) is 6.43. The number of nitrogens with two attached hydrogens (primary N) is 1. The summed E-state index contributed by atoms with van der Waals surface area (Å²) in [5.41, 5.74) is 8.52. The van der Waals surface area contributed by atoms with Crippen LogP contribution in [0.2, 0.25) is 0 Å². The summed E-state index contributed by atoms with van der Waals surface area (Å²) in [4.78, 5) is 0. The fraction of sp³-hybridized carbons (Fsp3) is 0.462. The number of benzene rings is 1. The maximum Gasteiger partial charge on any atom is 0.182 e. The Bertz CT molecular complexity index is 625. The van der Waals surface area contributed by atoms with E-state index in [2.05, 4.69) is 15.5 Å². The Labute approximate surface area is 120 Å². The molecule has 0 aliphatic rings. The zero-order valence-electron chi connectivity index (χ0n) is 11.9. The summed E-state index contributed by atoms with van der Waals surface area (Å²) in [6.45, 7) is 4.02. The maximum atomic E-state index is 11.2. The number of nitrogen functional groups attached to an aromatic ring is 1. The van der Waals surface area contributed by atoms with Gasteiger partial charge in [0.25, 0.3) is 0 Å². The second kappa shape index (κ2) is 6.13. The van der Waals surface area contributed by atoms with Gasteiger partial charge in [-0.2, -0.15) is 0 Å². The van der Waals surface area contributed by atoms with E-state index in [1.165, 1.54) is 0 Å². The quantitative estimate of drug-likeness (QED) is 0.845. The van der Waals surface area contributed by atoms with Gasteiger partial charge in [-0.05, 0) is 48.4 Å². The molecule has 0 amide bonds. The molecule has 20 heavy (non-hydrogen) atoms. The van der Waals surface area contributed by atoms with Crippen molar-refractivity contribution in [2.75, 3.05) is 17.7 Å². The van der Waals surface area contributed by atoms with Crippen LogP contribution in [0.1, 0.15) is 24.9 Å². The van der Waals surface area contributed by atoms with Gasteiger partial charge in [-0.15, -0.1) is 5.10 Å². The van der Waals surface area contributed by atoms with Gasteiger partial charge in [0.2, 0.25) is 0 Å². The van der Waals surface area contributed by atoms with Crippen molar-refractivity contribution in [3.05, 3.63) is 23.8 Å². The van der Waals surface area contributed by atoms with Gasteiger partial charge in [0.15, 0.2) is 5.82 Å². The third kappa shape index (κ3) is 3.22. The van der Waals surface area contributed by atoms with Crippen LogP contribution in [-0.4, -0.2) is 36.4 Å². The van der Waals surface area contributed by atoms with Gasteiger partial charge in [-0.3, -0.25) is 4.21 Å². The standard InChI is InChI=1S/C13H19N5OS/c1-9-4-5-11(14)8-12(9)13-15-16-17-18(13)10(2)6-7-20(3)19/h4-5,8,10H,6-7,14H2,1-3H3. The summed E-state index contributed by atoms with van der Waals surface area (Å²) in [6.07, 6.45) is 2.47. The van der Waals surface area contributed by atoms with Gasteiger partial charge >= 0.3 is 0 Å². The first-order chi connectivity index (χ1) is 9.49. The van der Waals surface area contributed by atoms with Crippen molar-refractivity contribution in [3.8, 4) is 11.4 Å². The maximum absolute atomic E-state index is 11.2. The average molecular weight is 293 g/mol. The molecule has 1 aromatic heterocycles. The Morgan fingerprint density at radius 1 is 1.45 bits per heavy atom. The van der Waals surface area contributed by atoms with Crippen LogP contribution in [0.5, 0.6) is 0 Å². The normalized spacial score (nSPS) is 14.2. The predicted molar refractivity (Wildman–Crippen MR) is 80.7 cm³/mol. The molecule has 2 unspecified atom stereocenters. The fourth-order valence-corrected chi connectivity index (χ4v) is 2.68. The van der Waals surface area contributed by atoms with Crippen LogP contribution in [0.25, 0.3) is 11.4 Å². The number of hydrogen-bond acceptors (Lipinski definition) is 5. The van der Waals surface area contributed by atoms with Crippen molar-refractivity contribution >= 4 is 16.5 Å². The Hall–Kier alpha value is -1.76. The molecule has 2 N–H and O–H groups in total. The molecule has 2 aromatic rings. The van der Waals surface area contributed by atoms with Crippen LogP contribution in [0.3, 0.4) is 0 Å². The Morgan fingerprint density at radius 3 is 2.90 bits per heavy atom. The smallest absolute Gasteiger partial charge is 0.182 e. The zero-order valence-corrected chi connectivity index (χ0v) is 12.7. The molecule has 1 aromatic carbocycles. The van der Waals surface area contributed by atoms with E-state index in [4.69, 9.17) is 5.73 Å². The largest absolute Gasteiger partial charge is 0.399 e. The Kier molecular flexibility index (Phi) is 4.49. The van der Waals surface area contributed by atoms with E-state index in [1.807, 2.05) is 32.0 Å². The summed E-state index contributed by atoms with van der Waals surface area (Å²) in [5.74, 6) is 1.33. The number of aryl methyl sites for hydroxylation is 1. The lowest BCUT2D eigenvalue weighted by Gasteiger charge is -2.14. The number of nitrogens with zero attached hydrogens (tertiary/aromatic N) is 4. The number of hydrogen-bond donors (Lipinski definition) is 1. The fourth-order valence-electron chi connectivity index (χ4n) is 2.01. The highest BCUT2D eigenvalue weighted by atomic mass is 32.2. The van der Waals surface area contributed by atoms with Crippen molar-refractivity contribution in [1.29, 1.82) is 0 Å². The minimum Gasteiger partial charge on any atom is -0.399 e. The lowest BCUT2D eigenvalue weighted by atomic mass is 10.1. The minimum atomic E-state index is -0.809. The van der Waals surface area contributed by atoms with Gasteiger partial charge in [-0.1, -0.05) is 6.07 Å². The van der Waals surface area contributed by atoms with Crippen LogP contribution in [0.15, 0.2) is 18.2 Å². The molecule has 1 heterocycles. The van der Waals surface area contributed by atoms with E-state index in [0.717, 1.165) is 17.5 Å². The van der Waals surface area contributed by atoms with Crippen LogP contribution in [-0.2, 0) is 10.8 Å². The highest BCUT2D eigenvalue weighted by molar-refractivity contribution is 7.84. The minimum absolute atomic E-state index is 0.0877. The summed E-state index contributed by atoms with van der Waals surface area (Å²) in [5, 5.41) is 11.9. The average Bonchev–Trinajstić information content (AvgIpc) is 2.88. The molecule has 0 saturated heterocycles. The number of tetrazole rings is 1. The molecule has 0 spiro atoms. The zero-order chi connectivity index (χ0) is 14.7. The summed E-state index contributed by atoms with van der Waals surface area (Å²) in [7, 11) is -0.809. The van der Waals surface area contributed by atoms with Gasteiger partial charge < -0.3 is 5.73 Å². The lowest BCUT2D eigenvalue weighted by molar-refractivity contribution is 0.470. The molecule has 0 fully saturated rings. The third-order valence-corrected chi connectivity index (χ3v) is 4.05. The van der Waals surface area contributed by atoms with Gasteiger partial charge in [0.1, 0.15) is 0 Å². The van der Waals surface area contributed by atoms with Gasteiger partial charge in [0, 0.05) is 34.1 Å². The van der Waals surface area contributed by atoms with Crippen LogP contribution in [0.4, 0.5) is 5.69 Å². The molecular weight excluding hydrogens is 274 g/mol. The number of aromatic nitrogens is 4. The van der Waals surface area contributed by atoms with E-state index in [1.54, 1.807) is 10.9 Å². The monoisotopic (exact) mass is 293 g/mol. The molecule has 0 radical (unpaired) electrons. The van der Waals surface area contributed by atoms with Crippen molar-refractivity contribution < 1.29 is 4.21 Å². The van der Waals surface area contributed by atoms with E-state index in [0.29, 0.717) is 17.3 Å². The van der Waals surface area contributed by atoms with Crippen molar-refractivity contribution in [3.63, 3.8) is 0 Å². The van der Waals surface area contributed by atoms with Crippen LogP contribution in [0, 0.1) is 6.92 Å². The second-order valence-electron chi connectivity index (χ2n) is 4.94. The molecular formula is C13H19N5OS. The second-order valence-corrected chi connectivity index (χ2v) is 6.49. The van der Waals surface area contributed by atoms with E-state index in [9.17, 15) is 4.21 Å². The van der Waals surface area contributed by atoms with Gasteiger partial charge in [0.05, 0.1) is 6.04 Å². The van der Waals surface area contributed by atoms with Gasteiger partial charge in [-0.25, -0.2) is 4.68 Å². The molecule has 108 valence electrons. The molecule has 2 rings (SSSR count). The molecule has 0 bridgehead atoms. The van der Waals surface area contributed by atoms with Crippen molar-refractivity contribution in [2.45, 2.75) is 26.3 Å². The predicted octanol–water partition coefficient (Wildman–Crippen LogP) is 1.56. The summed E-state index contributed by atoms with van der Waals surface area (Å²) < 4.78 is 13.0. The van der Waals surface area contributed by atoms with Crippen LogP contribution < -0.4 is 5.73 Å². The van der Waals surface area contributed by atoms with Crippen LogP contribution >= 0.6 is 0 Å². The van der Waals surface area contributed by atoms with Crippen molar-refractivity contribution in [2.24, 2.45) is 0 Å². The third-order valence-electron chi connectivity index (χ3n) is 3.24. The summed E-state index contributed by atoms with van der Waals surface area (Å²) in [6, 6.07) is 5.78. The highest BCUT2D eigenvalue weighted by Gasteiger charge is 2.16. The molecule has 0 aliphatic heterocycles. The number of anilines is 1. The van der Waals surface area contributed by atoms with E-state index in [-0.39, 0.29) is 6.04 Å². The SMILES string of the molecule is Cc1ccc(N)cc1-c1nnnn1C(C)CCS(C)=O. The van der Waals surface area contributed by atoms with E-state index >= 15 is 0 Å². The Balaban J connectivity index is 2.32. The first kappa shape index (κ1) is 14.6. The number of rotatable bonds is 5. The molecule has 0 saturated carbocycles. The molecule has 0 aliphatic carbocycles. The summed E-state index contributed by atoms with van der Waals surface area (Å²) >= 11 is 0. The van der Waals surface area contributed by atoms with Crippen molar-refractivity contribution in [1.82, 2.24) is 20.2 Å². The molecule has 6 nitrogen and oxygen atoms in total. The highest BCUT2D eigenvalue weighted by Crippen LogP contribution is 2.25. The topological polar surface area (TPSA) is 86.7 Å². The Morgan fingerprint density at radius 2 is 2.20 bits per heavy atom. The first-order valence-corrected chi connectivity index (χ1v) is 8.16. The molecule has 2 atom stereocenters.